The fourth-order valence-corrected chi connectivity index (χ4v) is 3.53. The predicted octanol–water partition coefficient (Wildman–Crippen LogP) is 2.74. The van der Waals surface area contributed by atoms with Crippen molar-refractivity contribution in [2.45, 2.75) is 41.6 Å². The summed E-state index contributed by atoms with van der Waals surface area (Å²) in [6, 6.07) is 6.81. The number of aryl methyl sites for hydroxylation is 2. The molecule has 2 rings (SSSR count). The Kier molecular flexibility index (Phi) is 4.63. The van der Waals surface area contributed by atoms with E-state index in [1.807, 2.05) is 11.6 Å². The molecule has 0 fully saturated rings. The standard InChI is InChI=1S/C14H19N3O2S2/c1-4-9-17-14(13(15)10(2)16-17)20-11-5-7-12(8-6-11)21(3,18)19/h5-8H,4,9,15H2,1-3H3. The summed E-state index contributed by atoms with van der Waals surface area (Å²) in [5.74, 6) is 0. The number of aromatic nitrogens is 2. The molecule has 2 aromatic rings. The van der Waals surface area contributed by atoms with Crippen molar-refractivity contribution in [1.29, 1.82) is 0 Å². The second kappa shape index (κ2) is 6.11. The molecule has 0 spiro atoms. The Balaban J connectivity index is 2.30. The molecule has 0 amide bonds. The molecule has 1 heterocycles. The Morgan fingerprint density at radius 2 is 1.90 bits per heavy atom. The van der Waals surface area contributed by atoms with E-state index in [0.717, 1.165) is 28.6 Å². The number of benzene rings is 1. The van der Waals surface area contributed by atoms with Gasteiger partial charge in [0, 0.05) is 17.7 Å². The molecule has 21 heavy (non-hydrogen) atoms. The number of anilines is 1. The number of nitrogens with zero attached hydrogens (tertiary/aromatic N) is 2. The third-order valence-corrected chi connectivity index (χ3v) is 5.29. The molecule has 0 bridgehead atoms. The van der Waals surface area contributed by atoms with Gasteiger partial charge in [-0.15, -0.1) is 0 Å². The van der Waals surface area contributed by atoms with Crippen LogP contribution in [0.2, 0.25) is 0 Å². The highest BCUT2D eigenvalue weighted by molar-refractivity contribution is 7.99. The number of sulfone groups is 1. The van der Waals surface area contributed by atoms with E-state index in [1.165, 1.54) is 18.0 Å². The molecule has 0 atom stereocenters. The molecule has 114 valence electrons. The SMILES string of the molecule is CCCn1nc(C)c(N)c1Sc1ccc(S(C)(=O)=O)cc1. The number of nitrogens with two attached hydrogens (primary N) is 1. The first-order valence-corrected chi connectivity index (χ1v) is 9.34. The summed E-state index contributed by atoms with van der Waals surface area (Å²) >= 11 is 1.50. The van der Waals surface area contributed by atoms with E-state index in [4.69, 9.17) is 5.73 Å². The summed E-state index contributed by atoms with van der Waals surface area (Å²) in [7, 11) is -3.16. The van der Waals surface area contributed by atoms with Gasteiger partial charge in [0.15, 0.2) is 9.84 Å². The van der Waals surface area contributed by atoms with Crippen LogP contribution in [0, 0.1) is 6.92 Å². The lowest BCUT2D eigenvalue weighted by atomic mass is 10.4. The normalized spacial score (nSPS) is 11.8. The first-order valence-electron chi connectivity index (χ1n) is 6.63. The van der Waals surface area contributed by atoms with Crippen LogP contribution < -0.4 is 5.73 Å². The summed E-state index contributed by atoms with van der Waals surface area (Å²) < 4.78 is 24.8. The molecule has 0 aliphatic carbocycles. The summed E-state index contributed by atoms with van der Waals surface area (Å²) in [5, 5.41) is 5.33. The Morgan fingerprint density at radius 3 is 2.43 bits per heavy atom. The maximum Gasteiger partial charge on any atom is 0.175 e. The van der Waals surface area contributed by atoms with E-state index in [9.17, 15) is 8.42 Å². The van der Waals surface area contributed by atoms with Crippen LogP contribution in [0.4, 0.5) is 5.69 Å². The van der Waals surface area contributed by atoms with Crippen molar-refractivity contribution < 1.29 is 8.42 Å². The molecule has 2 N–H and O–H groups in total. The van der Waals surface area contributed by atoms with E-state index in [-0.39, 0.29) is 0 Å². The van der Waals surface area contributed by atoms with Crippen molar-refractivity contribution in [3.05, 3.63) is 30.0 Å². The second-order valence-corrected chi connectivity index (χ2v) is 7.95. The molecule has 0 aliphatic rings. The number of rotatable bonds is 5. The van der Waals surface area contributed by atoms with Crippen molar-refractivity contribution in [3.8, 4) is 0 Å². The average Bonchev–Trinajstić information content (AvgIpc) is 2.67. The first-order chi connectivity index (χ1) is 9.82. The van der Waals surface area contributed by atoms with Crippen molar-refractivity contribution in [2.75, 3.05) is 12.0 Å². The van der Waals surface area contributed by atoms with Gasteiger partial charge in [-0.05, 0) is 37.6 Å². The van der Waals surface area contributed by atoms with E-state index in [1.54, 1.807) is 24.3 Å². The Labute approximate surface area is 129 Å². The van der Waals surface area contributed by atoms with Crippen molar-refractivity contribution in [2.24, 2.45) is 0 Å². The van der Waals surface area contributed by atoms with Gasteiger partial charge in [-0.3, -0.25) is 4.68 Å². The van der Waals surface area contributed by atoms with Gasteiger partial charge >= 0.3 is 0 Å². The third-order valence-electron chi connectivity index (χ3n) is 3.03. The Hall–Kier alpha value is -1.47. The molecular formula is C14H19N3O2S2. The molecule has 1 aromatic heterocycles. The van der Waals surface area contributed by atoms with Gasteiger partial charge in [0.2, 0.25) is 0 Å². The number of hydrogen-bond acceptors (Lipinski definition) is 5. The summed E-state index contributed by atoms with van der Waals surface area (Å²) in [5.41, 5.74) is 7.58. The van der Waals surface area contributed by atoms with Crippen LogP contribution in [-0.4, -0.2) is 24.5 Å². The van der Waals surface area contributed by atoms with Crippen molar-refractivity contribution >= 4 is 27.3 Å². The fraction of sp³-hybridized carbons (Fsp3) is 0.357. The molecule has 0 saturated heterocycles. The third kappa shape index (κ3) is 3.59. The van der Waals surface area contributed by atoms with E-state index >= 15 is 0 Å². The highest BCUT2D eigenvalue weighted by atomic mass is 32.2. The van der Waals surface area contributed by atoms with Crippen molar-refractivity contribution in [3.63, 3.8) is 0 Å². The molecule has 0 aliphatic heterocycles. The molecule has 5 nitrogen and oxygen atoms in total. The summed E-state index contributed by atoms with van der Waals surface area (Å²) in [6.07, 6.45) is 2.17. The quantitative estimate of drug-likeness (QED) is 0.914. The lowest BCUT2D eigenvalue weighted by Gasteiger charge is -2.07. The van der Waals surface area contributed by atoms with Crippen LogP contribution in [0.1, 0.15) is 19.0 Å². The van der Waals surface area contributed by atoms with Crippen LogP contribution in [0.25, 0.3) is 0 Å². The summed E-state index contributed by atoms with van der Waals surface area (Å²) in [6.45, 7) is 4.78. The fourth-order valence-electron chi connectivity index (χ4n) is 1.91. The van der Waals surface area contributed by atoms with Gasteiger partial charge in [-0.2, -0.15) is 5.10 Å². The zero-order chi connectivity index (χ0) is 15.6. The van der Waals surface area contributed by atoms with Gasteiger partial charge in [0.25, 0.3) is 0 Å². The van der Waals surface area contributed by atoms with Crippen LogP contribution in [-0.2, 0) is 16.4 Å². The van der Waals surface area contributed by atoms with Crippen LogP contribution in [0.5, 0.6) is 0 Å². The van der Waals surface area contributed by atoms with Crippen molar-refractivity contribution in [1.82, 2.24) is 9.78 Å². The Morgan fingerprint density at radius 1 is 1.29 bits per heavy atom. The maximum absolute atomic E-state index is 11.5. The predicted molar refractivity (Wildman–Crippen MR) is 85.3 cm³/mol. The van der Waals surface area contributed by atoms with Gasteiger partial charge in [0.1, 0.15) is 5.03 Å². The van der Waals surface area contributed by atoms with Gasteiger partial charge in [0.05, 0.1) is 16.3 Å². The lowest BCUT2D eigenvalue weighted by Crippen LogP contribution is -2.01. The number of hydrogen-bond donors (Lipinski definition) is 1. The lowest BCUT2D eigenvalue weighted by molar-refractivity contribution is 0.556. The molecule has 0 radical (unpaired) electrons. The minimum atomic E-state index is -3.16. The molecular weight excluding hydrogens is 306 g/mol. The first kappa shape index (κ1) is 15.9. The second-order valence-electron chi connectivity index (χ2n) is 4.87. The topological polar surface area (TPSA) is 78.0 Å². The molecule has 7 heteroatoms. The Bertz CT molecular complexity index is 734. The monoisotopic (exact) mass is 325 g/mol. The van der Waals surface area contributed by atoms with E-state index < -0.39 is 9.84 Å². The van der Waals surface area contributed by atoms with Crippen LogP contribution >= 0.6 is 11.8 Å². The highest BCUT2D eigenvalue weighted by Gasteiger charge is 2.14. The molecule has 1 aromatic carbocycles. The summed E-state index contributed by atoms with van der Waals surface area (Å²) in [4.78, 5) is 1.25. The zero-order valence-corrected chi connectivity index (χ0v) is 14.0. The number of nitrogen functional groups attached to an aromatic ring is 1. The van der Waals surface area contributed by atoms with E-state index in [2.05, 4.69) is 12.0 Å². The van der Waals surface area contributed by atoms with E-state index in [0.29, 0.717) is 10.6 Å². The van der Waals surface area contributed by atoms with Gasteiger partial charge < -0.3 is 5.73 Å². The van der Waals surface area contributed by atoms with Crippen LogP contribution in [0.15, 0.2) is 39.1 Å². The smallest absolute Gasteiger partial charge is 0.175 e. The molecule has 0 unspecified atom stereocenters. The van der Waals surface area contributed by atoms with Crippen LogP contribution in [0.3, 0.4) is 0 Å². The average molecular weight is 325 g/mol. The van der Waals surface area contributed by atoms with Gasteiger partial charge in [-0.1, -0.05) is 18.7 Å². The highest BCUT2D eigenvalue weighted by Crippen LogP contribution is 2.34. The van der Waals surface area contributed by atoms with Gasteiger partial charge in [-0.25, -0.2) is 8.42 Å². The minimum Gasteiger partial charge on any atom is -0.395 e. The zero-order valence-electron chi connectivity index (χ0n) is 12.3. The maximum atomic E-state index is 11.5. The largest absolute Gasteiger partial charge is 0.395 e. The minimum absolute atomic E-state index is 0.318. The molecule has 0 saturated carbocycles.